The van der Waals surface area contributed by atoms with E-state index in [9.17, 15) is 14.9 Å². The van der Waals surface area contributed by atoms with Crippen molar-refractivity contribution < 1.29 is 9.72 Å². The second kappa shape index (κ2) is 7.01. The van der Waals surface area contributed by atoms with Crippen molar-refractivity contribution in [3.63, 3.8) is 0 Å². The summed E-state index contributed by atoms with van der Waals surface area (Å²) in [5.74, 6) is -0.436. The predicted octanol–water partition coefficient (Wildman–Crippen LogP) is 4.66. The second-order valence-corrected chi connectivity index (χ2v) is 6.32. The lowest BCUT2D eigenvalue weighted by atomic mass is 9.96. The summed E-state index contributed by atoms with van der Waals surface area (Å²) in [7, 11) is 0. The molecule has 0 heterocycles. The van der Waals surface area contributed by atoms with Gasteiger partial charge in [-0.1, -0.05) is 23.7 Å². The van der Waals surface area contributed by atoms with E-state index in [1.165, 1.54) is 23.8 Å². The van der Waals surface area contributed by atoms with Gasteiger partial charge in [0.2, 0.25) is 0 Å². The van der Waals surface area contributed by atoms with E-state index < -0.39 is 10.8 Å². The fourth-order valence-electron chi connectivity index (χ4n) is 2.60. The van der Waals surface area contributed by atoms with Gasteiger partial charge in [-0.25, -0.2) is 0 Å². The van der Waals surface area contributed by atoms with Gasteiger partial charge in [-0.15, -0.1) is 0 Å². The minimum Gasteiger partial charge on any atom is -0.345 e. The van der Waals surface area contributed by atoms with E-state index in [4.69, 9.17) is 11.6 Å². The number of carbonyl (C=O) groups is 1. The number of hydrogen-bond donors (Lipinski definition) is 1. The molecule has 2 rings (SSSR count). The molecule has 6 heteroatoms. The Labute approximate surface area is 145 Å². The summed E-state index contributed by atoms with van der Waals surface area (Å²) in [6, 6.07) is 7.71. The fourth-order valence-corrected chi connectivity index (χ4v) is 2.81. The highest BCUT2D eigenvalue weighted by atomic mass is 35.5. The molecule has 0 aliphatic carbocycles. The number of nitrogens with zero attached hydrogens (tertiary/aromatic N) is 1. The van der Waals surface area contributed by atoms with Crippen molar-refractivity contribution in [2.24, 2.45) is 0 Å². The summed E-state index contributed by atoms with van der Waals surface area (Å²) in [5.41, 5.74) is 4.35. The Morgan fingerprint density at radius 2 is 1.75 bits per heavy atom. The summed E-state index contributed by atoms with van der Waals surface area (Å²) in [4.78, 5) is 22.8. The van der Waals surface area contributed by atoms with Crippen LogP contribution in [0, 0.1) is 30.9 Å². The fraction of sp³-hybridized carbons (Fsp3) is 0.278. The molecular formula is C18H19ClN2O3. The largest absolute Gasteiger partial charge is 0.345 e. The lowest BCUT2D eigenvalue weighted by Crippen LogP contribution is -2.27. The van der Waals surface area contributed by atoms with Crippen LogP contribution >= 0.6 is 11.6 Å². The van der Waals surface area contributed by atoms with E-state index in [-0.39, 0.29) is 22.3 Å². The standard InChI is InChI=1S/C18H19ClN2O3/c1-10-7-12(3)15(8-11(10)2)13(4)20-18(22)16-9-14(21(23)24)5-6-17(16)19/h5-9,13H,1-4H3,(H,20,22). The van der Waals surface area contributed by atoms with E-state index in [1.807, 2.05) is 33.8 Å². The Bertz CT molecular complexity index is 818. The smallest absolute Gasteiger partial charge is 0.270 e. The van der Waals surface area contributed by atoms with Gasteiger partial charge in [0.05, 0.1) is 21.6 Å². The van der Waals surface area contributed by atoms with Gasteiger partial charge in [-0.3, -0.25) is 14.9 Å². The Hall–Kier alpha value is -2.40. The van der Waals surface area contributed by atoms with Crippen LogP contribution in [-0.4, -0.2) is 10.8 Å². The van der Waals surface area contributed by atoms with Gasteiger partial charge >= 0.3 is 0 Å². The minimum absolute atomic E-state index is 0.0965. The maximum atomic E-state index is 12.5. The first kappa shape index (κ1) is 17.9. The molecule has 0 spiro atoms. The molecule has 0 aliphatic heterocycles. The van der Waals surface area contributed by atoms with Crippen LogP contribution < -0.4 is 5.32 Å². The second-order valence-electron chi connectivity index (χ2n) is 5.91. The van der Waals surface area contributed by atoms with E-state index in [0.29, 0.717) is 0 Å². The summed E-state index contributed by atoms with van der Waals surface area (Å²) in [6.45, 7) is 7.92. The molecule has 0 saturated carbocycles. The molecule has 0 aliphatic rings. The number of halogens is 1. The zero-order chi connectivity index (χ0) is 18.0. The molecule has 24 heavy (non-hydrogen) atoms. The van der Waals surface area contributed by atoms with Crippen molar-refractivity contribution in [3.05, 3.63) is 73.3 Å². The third-order valence-electron chi connectivity index (χ3n) is 4.10. The molecule has 2 aromatic rings. The van der Waals surface area contributed by atoms with Crippen LogP contribution in [0.1, 0.15) is 45.6 Å². The van der Waals surface area contributed by atoms with Crippen molar-refractivity contribution in [2.75, 3.05) is 0 Å². The number of carbonyl (C=O) groups excluding carboxylic acids is 1. The lowest BCUT2D eigenvalue weighted by molar-refractivity contribution is -0.384. The number of rotatable bonds is 4. The molecule has 1 N–H and O–H groups in total. The Balaban J connectivity index is 2.28. The van der Waals surface area contributed by atoms with Gasteiger partial charge in [0.25, 0.3) is 11.6 Å². The number of non-ortho nitro benzene ring substituents is 1. The summed E-state index contributed by atoms with van der Waals surface area (Å²) >= 11 is 6.02. The summed E-state index contributed by atoms with van der Waals surface area (Å²) in [5, 5.41) is 13.9. The zero-order valence-electron chi connectivity index (χ0n) is 14.0. The van der Waals surface area contributed by atoms with Gasteiger partial charge < -0.3 is 5.32 Å². The number of amides is 1. The Kier molecular flexibility index (Phi) is 5.24. The van der Waals surface area contributed by atoms with Crippen molar-refractivity contribution in [1.29, 1.82) is 0 Å². The minimum atomic E-state index is -0.552. The maximum Gasteiger partial charge on any atom is 0.270 e. The van der Waals surface area contributed by atoms with Crippen LogP contribution in [0.4, 0.5) is 5.69 Å². The first-order chi connectivity index (χ1) is 11.2. The first-order valence-electron chi connectivity index (χ1n) is 7.53. The molecule has 1 atom stereocenters. The third kappa shape index (κ3) is 3.74. The van der Waals surface area contributed by atoms with Gasteiger partial charge in [0.1, 0.15) is 0 Å². The van der Waals surface area contributed by atoms with Crippen LogP contribution in [0.3, 0.4) is 0 Å². The van der Waals surface area contributed by atoms with Gasteiger partial charge in [0, 0.05) is 12.1 Å². The first-order valence-corrected chi connectivity index (χ1v) is 7.91. The number of nitro groups is 1. The number of hydrogen-bond acceptors (Lipinski definition) is 3. The average Bonchev–Trinajstić information content (AvgIpc) is 2.50. The number of nitrogens with one attached hydrogen (secondary N) is 1. The molecule has 1 unspecified atom stereocenters. The van der Waals surface area contributed by atoms with Gasteiger partial charge in [0.15, 0.2) is 0 Å². The average molecular weight is 347 g/mol. The van der Waals surface area contributed by atoms with Crippen LogP contribution in [0.25, 0.3) is 0 Å². The van der Waals surface area contributed by atoms with Crippen LogP contribution in [0.5, 0.6) is 0 Å². The number of benzene rings is 2. The SMILES string of the molecule is Cc1cc(C)c(C(C)NC(=O)c2cc([N+](=O)[O-])ccc2Cl)cc1C. The van der Waals surface area contributed by atoms with E-state index in [0.717, 1.165) is 16.7 Å². The lowest BCUT2D eigenvalue weighted by Gasteiger charge is -2.18. The van der Waals surface area contributed by atoms with Gasteiger partial charge in [-0.2, -0.15) is 0 Å². The van der Waals surface area contributed by atoms with Crippen LogP contribution in [0.15, 0.2) is 30.3 Å². The molecular weight excluding hydrogens is 328 g/mol. The van der Waals surface area contributed by atoms with Crippen molar-refractivity contribution in [1.82, 2.24) is 5.32 Å². The molecule has 126 valence electrons. The molecule has 1 amide bonds. The molecule has 0 bridgehead atoms. The van der Waals surface area contributed by atoms with Crippen molar-refractivity contribution in [2.45, 2.75) is 33.7 Å². The van der Waals surface area contributed by atoms with E-state index in [1.54, 1.807) is 0 Å². The van der Waals surface area contributed by atoms with Crippen molar-refractivity contribution >= 4 is 23.2 Å². The highest BCUT2D eigenvalue weighted by Gasteiger charge is 2.19. The molecule has 0 saturated heterocycles. The predicted molar refractivity (Wildman–Crippen MR) is 94.6 cm³/mol. The monoisotopic (exact) mass is 346 g/mol. The third-order valence-corrected chi connectivity index (χ3v) is 4.43. The molecule has 0 fully saturated rings. The Morgan fingerprint density at radius 3 is 2.38 bits per heavy atom. The summed E-state index contributed by atoms with van der Waals surface area (Å²) in [6.07, 6.45) is 0. The molecule has 2 aromatic carbocycles. The highest BCUT2D eigenvalue weighted by molar-refractivity contribution is 6.33. The maximum absolute atomic E-state index is 12.5. The van der Waals surface area contributed by atoms with Crippen LogP contribution in [0.2, 0.25) is 5.02 Å². The normalized spacial score (nSPS) is 11.9. The van der Waals surface area contributed by atoms with E-state index in [2.05, 4.69) is 11.4 Å². The zero-order valence-corrected chi connectivity index (χ0v) is 14.8. The quantitative estimate of drug-likeness (QED) is 0.646. The topological polar surface area (TPSA) is 72.2 Å². The number of nitro benzene ring substituents is 1. The molecule has 0 radical (unpaired) electrons. The Morgan fingerprint density at radius 1 is 1.12 bits per heavy atom. The highest BCUT2D eigenvalue weighted by Crippen LogP contribution is 2.25. The summed E-state index contributed by atoms with van der Waals surface area (Å²) < 4.78 is 0. The molecule has 5 nitrogen and oxygen atoms in total. The van der Waals surface area contributed by atoms with Gasteiger partial charge in [-0.05, 0) is 56.0 Å². The van der Waals surface area contributed by atoms with Crippen molar-refractivity contribution in [3.8, 4) is 0 Å². The van der Waals surface area contributed by atoms with E-state index >= 15 is 0 Å². The van der Waals surface area contributed by atoms with Crippen LogP contribution in [-0.2, 0) is 0 Å². The number of aryl methyl sites for hydroxylation is 3. The molecule has 0 aromatic heterocycles.